The molecule has 88 valence electrons. The minimum atomic E-state index is 0.318. The molecule has 2 heterocycles. The molecule has 0 unspecified atom stereocenters. The molecule has 3 heteroatoms. The van der Waals surface area contributed by atoms with Crippen LogP contribution in [0.1, 0.15) is 25.3 Å². The minimum Gasteiger partial charge on any atom is -0.317 e. The van der Waals surface area contributed by atoms with Crippen LogP contribution in [-0.4, -0.2) is 26.6 Å². The van der Waals surface area contributed by atoms with Gasteiger partial charge in [-0.25, -0.2) is 0 Å². The normalized spacial score (nSPS) is 22.1. The van der Waals surface area contributed by atoms with Gasteiger partial charge in [0.2, 0.25) is 0 Å². The molecule has 0 aliphatic carbocycles. The fraction of sp³-hybridized carbons (Fsp3) is 0.500. The van der Waals surface area contributed by atoms with E-state index in [4.69, 9.17) is 4.99 Å². The number of hydrogen-bond donors (Lipinski definition) is 1. The second-order valence-electron chi connectivity index (χ2n) is 5.68. The van der Waals surface area contributed by atoms with Gasteiger partial charge in [0.05, 0.1) is 5.69 Å². The van der Waals surface area contributed by atoms with Crippen molar-refractivity contribution >= 4 is 24.7 Å². The molecule has 1 aromatic rings. The Morgan fingerprint density at radius 3 is 2.82 bits per heavy atom. The van der Waals surface area contributed by atoms with E-state index in [1.165, 1.54) is 35.3 Å². The molecule has 0 spiro atoms. The van der Waals surface area contributed by atoms with Crippen molar-refractivity contribution in [3.63, 3.8) is 0 Å². The highest BCUT2D eigenvalue weighted by Gasteiger charge is 2.34. The van der Waals surface area contributed by atoms with Gasteiger partial charge in [0.15, 0.2) is 0 Å². The molecule has 0 saturated carbocycles. The molecule has 0 bridgehead atoms. The van der Waals surface area contributed by atoms with Gasteiger partial charge >= 0.3 is 0 Å². The summed E-state index contributed by atoms with van der Waals surface area (Å²) in [5.74, 6) is 0. The predicted octanol–water partition coefficient (Wildman–Crippen LogP) is 0.963. The Hall–Kier alpha value is -1.09. The summed E-state index contributed by atoms with van der Waals surface area (Å²) < 4.78 is 0. The monoisotopic (exact) mass is 226 g/mol. The van der Waals surface area contributed by atoms with Crippen molar-refractivity contribution in [2.24, 2.45) is 10.4 Å². The third-order valence-electron chi connectivity index (χ3n) is 4.26. The van der Waals surface area contributed by atoms with Crippen molar-refractivity contribution < 1.29 is 0 Å². The lowest BCUT2D eigenvalue weighted by Gasteiger charge is -2.34. The molecule has 0 atom stereocenters. The fourth-order valence-electron chi connectivity index (χ4n) is 2.91. The first kappa shape index (κ1) is 11.0. The number of aliphatic imine (C=N–C) groups is 1. The molecule has 17 heavy (non-hydrogen) atoms. The Kier molecular flexibility index (Phi) is 2.59. The van der Waals surface area contributed by atoms with E-state index >= 15 is 0 Å². The smallest absolute Gasteiger partial charge is 0.139 e. The maximum Gasteiger partial charge on any atom is 0.139 e. The summed E-state index contributed by atoms with van der Waals surface area (Å²) in [4.78, 5) is 4.90. The van der Waals surface area contributed by atoms with Gasteiger partial charge in [-0.05, 0) is 37.6 Å². The average Bonchev–Trinajstić information content (AvgIpc) is 2.73. The lowest BCUT2D eigenvalue weighted by molar-refractivity contribution is 0.326. The molecule has 1 saturated heterocycles. The maximum absolute atomic E-state index is 4.90. The van der Waals surface area contributed by atoms with E-state index in [2.05, 4.69) is 38.3 Å². The van der Waals surface area contributed by atoms with Crippen LogP contribution in [0.2, 0.25) is 0 Å². The minimum absolute atomic E-state index is 0.318. The van der Waals surface area contributed by atoms with Crippen LogP contribution in [0.5, 0.6) is 0 Å². The van der Waals surface area contributed by atoms with E-state index in [9.17, 15) is 0 Å². The van der Waals surface area contributed by atoms with Crippen LogP contribution in [0.25, 0.3) is 0 Å². The number of nitrogens with zero attached hydrogens (tertiary/aromatic N) is 1. The Morgan fingerprint density at radius 2 is 2.06 bits per heavy atom. The average molecular weight is 226 g/mol. The Morgan fingerprint density at radius 1 is 1.29 bits per heavy atom. The second-order valence-corrected chi connectivity index (χ2v) is 5.68. The maximum atomic E-state index is 4.90. The molecular formula is C14H19BN2. The van der Waals surface area contributed by atoms with Gasteiger partial charge in [0.1, 0.15) is 7.85 Å². The van der Waals surface area contributed by atoms with Crippen molar-refractivity contribution in [1.82, 2.24) is 5.32 Å². The first-order valence-corrected chi connectivity index (χ1v) is 6.56. The zero-order valence-electron chi connectivity index (χ0n) is 10.7. The van der Waals surface area contributed by atoms with Gasteiger partial charge in [0.25, 0.3) is 0 Å². The summed E-state index contributed by atoms with van der Waals surface area (Å²) in [5.41, 5.74) is 5.65. The zero-order valence-corrected chi connectivity index (χ0v) is 10.7. The number of nitrogens with one attached hydrogen (secondary N) is 1. The standard InChI is InChI=1S/C14H19BN2/c1-14(4-6-16-7-5-14)13-8-10-2-3-11(15)9-12(10)17-13/h2-3,9,16H,4-8,15H2,1H3. The van der Waals surface area contributed by atoms with Crippen molar-refractivity contribution in [1.29, 1.82) is 0 Å². The van der Waals surface area contributed by atoms with Gasteiger partial charge in [-0.2, -0.15) is 0 Å². The molecule has 0 aromatic heterocycles. The summed E-state index contributed by atoms with van der Waals surface area (Å²) in [5, 5.41) is 3.44. The molecular weight excluding hydrogens is 207 g/mol. The molecule has 0 radical (unpaired) electrons. The second kappa shape index (κ2) is 3.99. The highest BCUT2D eigenvalue weighted by atomic mass is 14.9. The lowest BCUT2D eigenvalue weighted by atomic mass is 9.75. The van der Waals surface area contributed by atoms with E-state index < -0.39 is 0 Å². The zero-order chi connectivity index (χ0) is 11.9. The summed E-state index contributed by atoms with van der Waals surface area (Å²) in [6.07, 6.45) is 3.50. The van der Waals surface area contributed by atoms with Crippen molar-refractivity contribution in [3.8, 4) is 0 Å². The SMILES string of the molecule is Bc1ccc2c(c1)N=C(C1(C)CCNCC1)C2. The first-order valence-electron chi connectivity index (χ1n) is 6.56. The molecule has 2 aliphatic heterocycles. The summed E-state index contributed by atoms with van der Waals surface area (Å²) in [7, 11) is 2.14. The van der Waals surface area contributed by atoms with Gasteiger partial charge in [-0.15, -0.1) is 0 Å². The summed E-state index contributed by atoms with van der Waals surface area (Å²) in [6.45, 7) is 4.64. The van der Waals surface area contributed by atoms with Gasteiger partial charge in [-0.1, -0.05) is 24.5 Å². The molecule has 1 fully saturated rings. The number of rotatable bonds is 1. The summed E-state index contributed by atoms with van der Waals surface area (Å²) >= 11 is 0. The van der Waals surface area contributed by atoms with Gasteiger partial charge in [-0.3, -0.25) is 4.99 Å². The largest absolute Gasteiger partial charge is 0.317 e. The van der Waals surface area contributed by atoms with E-state index in [0.29, 0.717) is 5.41 Å². The first-order chi connectivity index (χ1) is 8.17. The Bertz CT molecular complexity index is 473. The van der Waals surface area contributed by atoms with Crippen LogP contribution in [0.4, 0.5) is 5.69 Å². The summed E-state index contributed by atoms with van der Waals surface area (Å²) in [6, 6.07) is 6.65. The van der Waals surface area contributed by atoms with Crippen LogP contribution in [0, 0.1) is 5.41 Å². The van der Waals surface area contributed by atoms with Crippen molar-refractivity contribution in [3.05, 3.63) is 23.8 Å². The molecule has 2 nitrogen and oxygen atoms in total. The van der Waals surface area contributed by atoms with Crippen LogP contribution in [-0.2, 0) is 6.42 Å². The third-order valence-corrected chi connectivity index (χ3v) is 4.26. The van der Waals surface area contributed by atoms with Crippen molar-refractivity contribution in [2.75, 3.05) is 13.1 Å². The Labute approximate surface area is 104 Å². The highest BCUT2D eigenvalue weighted by molar-refractivity contribution is 6.32. The number of fused-ring (bicyclic) bond motifs is 1. The molecule has 1 aromatic carbocycles. The van der Waals surface area contributed by atoms with E-state index in [1.54, 1.807) is 0 Å². The quantitative estimate of drug-likeness (QED) is 0.709. The number of benzene rings is 1. The van der Waals surface area contributed by atoms with Crippen molar-refractivity contribution in [2.45, 2.75) is 26.2 Å². The number of hydrogen-bond acceptors (Lipinski definition) is 2. The van der Waals surface area contributed by atoms with E-state index in [-0.39, 0.29) is 0 Å². The topological polar surface area (TPSA) is 24.4 Å². The molecule has 1 N–H and O–H groups in total. The van der Waals surface area contributed by atoms with Gasteiger partial charge in [0, 0.05) is 17.5 Å². The molecule has 0 amide bonds. The lowest BCUT2D eigenvalue weighted by Crippen LogP contribution is -2.40. The van der Waals surface area contributed by atoms with Gasteiger partial charge < -0.3 is 5.32 Å². The van der Waals surface area contributed by atoms with E-state index in [0.717, 1.165) is 19.5 Å². The van der Waals surface area contributed by atoms with Crippen LogP contribution in [0.15, 0.2) is 23.2 Å². The highest BCUT2D eigenvalue weighted by Crippen LogP contribution is 2.37. The third kappa shape index (κ3) is 1.93. The van der Waals surface area contributed by atoms with Crippen LogP contribution in [0.3, 0.4) is 0 Å². The van der Waals surface area contributed by atoms with Crippen LogP contribution < -0.4 is 10.8 Å². The molecule has 2 aliphatic rings. The van der Waals surface area contributed by atoms with Crippen LogP contribution >= 0.6 is 0 Å². The molecule has 3 rings (SSSR count). The number of piperidine rings is 1. The predicted molar refractivity (Wildman–Crippen MR) is 75.6 cm³/mol. The fourth-order valence-corrected chi connectivity index (χ4v) is 2.91. The Balaban J connectivity index is 1.90. The van der Waals surface area contributed by atoms with E-state index in [1.807, 2.05) is 0 Å².